The standard InChI is InChI=1S/C21H28O2P2/c1-14-10-16(3)20(17(4)11-14)24(22)8-7-9-25(23)21-18(5)12-15(2)13-19(21)6/h10-13H,7-9H2,1-6H3/q+2. The highest BCUT2D eigenvalue weighted by atomic mass is 31.1. The maximum atomic E-state index is 12.7. The molecule has 0 saturated carbocycles. The van der Waals surface area contributed by atoms with Crippen LogP contribution in [0.5, 0.6) is 0 Å². The molecule has 2 atom stereocenters. The fourth-order valence-corrected chi connectivity index (χ4v) is 7.13. The molecule has 2 rings (SSSR count). The third kappa shape index (κ3) is 4.84. The zero-order valence-corrected chi connectivity index (χ0v) is 17.9. The van der Waals surface area contributed by atoms with E-state index in [1.807, 2.05) is 27.7 Å². The maximum Gasteiger partial charge on any atom is 0.377 e. The first-order chi connectivity index (χ1) is 11.7. The van der Waals surface area contributed by atoms with E-state index in [1.165, 1.54) is 11.1 Å². The van der Waals surface area contributed by atoms with Gasteiger partial charge in [-0.05, 0) is 41.5 Å². The molecule has 132 valence electrons. The normalized spacial score (nSPS) is 12.2. The van der Waals surface area contributed by atoms with Crippen LogP contribution in [0.1, 0.15) is 39.8 Å². The van der Waals surface area contributed by atoms with Crippen molar-refractivity contribution in [2.24, 2.45) is 0 Å². The highest BCUT2D eigenvalue weighted by molar-refractivity contribution is 7.54. The Morgan fingerprint density at radius 2 is 0.880 bits per heavy atom. The van der Waals surface area contributed by atoms with Crippen LogP contribution < -0.4 is 10.6 Å². The largest absolute Gasteiger partial charge is 0.377 e. The zero-order valence-electron chi connectivity index (χ0n) is 16.1. The molecule has 0 aliphatic heterocycles. The Bertz CT molecular complexity index is 722. The highest BCUT2D eigenvalue weighted by Crippen LogP contribution is 2.30. The van der Waals surface area contributed by atoms with Crippen molar-refractivity contribution in [3.63, 3.8) is 0 Å². The lowest BCUT2D eigenvalue weighted by Gasteiger charge is -2.03. The van der Waals surface area contributed by atoms with Crippen LogP contribution in [0, 0.1) is 41.5 Å². The molecule has 2 aromatic rings. The molecule has 0 aliphatic rings. The summed E-state index contributed by atoms with van der Waals surface area (Å²) in [7, 11) is -2.86. The zero-order chi connectivity index (χ0) is 18.7. The summed E-state index contributed by atoms with van der Waals surface area (Å²) in [6.45, 7) is 12.2. The molecule has 0 radical (unpaired) electrons. The van der Waals surface area contributed by atoms with E-state index in [9.17, 15) is 9.13 Å². The van der Waals surface area contributed by atoms with Gasteiger partial charge in [-0.15, -0.1) is 0 Å². The smallest absolute Gasteiger partial charge is 0.0681 e. The molecule has 0 amide bonds. The Labute approximate surface area is 153 Å². The number of aryl methyl sites for hydroxylation is 6. The average molecular weight is 374 g/mol. The van der Waals surface area contributed by atoms with Crippen LogP contribution in [0.3, 0.4) is 0 Å². The highest BCUT2D eigenvalue weighted by Gasteiger charge is 2.29. The summed E-state index contributed by atoms with van der Waals surface area (Å²) in [6.07, 6.45) is 1.93. The molecule has 0 aliphatic carbocycles. The number of hydrogen-bond donors (Lipinski definition) is 0. The van der Waals surface area contributed by atoms with Gasteiger partial charge in [0.05, 0.1) is 0 Å². The van der Waals surface area contributed by atoms with Gasteiger partial charge in [-0.3, -0.25) is 0 Å². The molecule has 2 unspecified atom stereocenters. The lowest BCUT2D eigenvalue weighted by atomic mass is 10.1. The van der Waals surface area contributed by atoms with Gasteiger partial charge in [-0.2, -0.15) is 0 Å². The summed E-state index contributed by atoms with van der Waals surface area (Å²) >= 11 is 0. The van der Waals surface area contributed by atoms with Gasteiger partial charge in [-0.25, -0.2) is 0 Å². The molecule has 0 spiro atoms. The Morgan fingerprint density at radius 3 is 1.16 bits per heavy atom. The van der Waals surface area contributed by atoms with Crippen molar-refractivity contribution in [3.05, 3.63) is 57.6 Å². The molecule has 0 aromatic heterocycles. The van der Waals surface area contributed by atoms with Crippen molar-refractivity contribution in [1.82, 2.24) is 0 Å². The van der Waals surface area contributed by atoms with Gasteiger partial charge in [0.15, 0.2) is 22.9 Å². The molecule has 4 heteroatoms. The van der Waals surface area contributed by atoms with E-state index in [-0.39, 0.29) is 0 Å². The van der Waals surface area contributed by atoms with Crippen LogP contribution in [-0.4, -0.2) is 12.3 Å². The van der Waals surface area contributed by atoms with Gasteiger partial charge in [0.2, 0.25) is 0 Å². The molecule has 0 saturated heterocycles. The lowest BCUT2D eigenvalue weighted by molar-refractivity contribution is 0.589. The lowest BCUT2D eigenvalue weighted by Crippen LogP contribution is -2.11. The minimum atomic E-state index is -1.43. The quantitative estimate of drug-likeness (QED) is 0.623. The van der Waals surface area contributed by atoms with Crippen LogP contribution in [0.2, 0.25) is 0 Å². The van der Waals surface area contributed by atoms with Gasteiger partial charge in [0.1, 0.15) is 0 Å². The van der Waals surface area contributed by atoms with Gasteiger partial charge >= 0.3 is 15.6 Å². The topological polar surface area (TPSA) is 34.1 Å². The summed E-state index contributed by atoms with van der Waals surface area (Å²) in [5.74, 6) is 0. The summed E-state index contributed by atoms with van der Waals surface area (Å²) in [4.78, 5) is 0. The Hall–Kier alpha value is -1.36. The molecular weight excluding hydrogens is 346 g/mol. The fourth-order valence-electron chi connectivity index (χ4n) is 3.71. The van der Waals surface area contributed by atoms with E-state index < -0.39 is 15.6 Å². The predicted octanol–water partition coefficient (Wildman–Crippen LogP) is 5.53. The number of benzene rings is 2. The van der Waals surface area contributed by atoms with Crippen molar-refractivity contribution in [3.8, 4) is 0 Å². The van der Waals surface area contributed by atoms with Crippen LogP contribution >= 0.6 is 15.6 Å². The van der Waals surface area contributed by atoms with Crippen molar-refractivity contribution in [1.29, 1.82) is 0 Å². The summed E-state index contributed by atoms with van der Waals surface area (Å²) in [6, 6.07) is 8.37. The number of rotatable bonds is 6. The van der Waals surface area contributed by atoms with E-state index >= 15 is 0 Å². The van der Waals surface area contributed by atoms with Crippen molar-refractivity contribution < 1.29 is 9.13 Å². The first kappa shape index (κ1) is 20.0. The van der Waals surface area contributed by atoms with Gasteiger partial charge in [0.25, 0.3) is 0 Å². The van der Waals surface area contributed by atoms with Crippen molar-refractivity contribution in [2.75, 3.05) is 12.3 Å². The molecule has 0 N–H and O–H groups in total. The second-order valence-electron chi connectivity index (χ2n) is 7.05. The molecule has 2 nitrogen and oxygen atoms in total. The SMILES string of the molecule is Cc1cc(C)c([P+](=O)CCC[P+](=O)c2c(C)cc(C)cc2C)c(C)c1. The van der Waals surface area contributed by atoms with Crippen LogP contribution in [0.15, 0.2) is 24.3 Å². The average Bonchev–Trinajstić information content (AvgIpc) is 2.44. The Kier molecular flexibility index (Phi) is 6.66. The molecule has 25 heavy (non-hydrogen) atoms. The third-order valence-electron chi connectivity index (χ3n) is 4.49. The van der Waals surface area contributed by atoms with Crippen molar-refractivity contribution in [2.45, 2.75) is 48.0 Å². The maximum absolute atomic E-state index is 12.7. The predicted molar refractivity (Wildman–Crippen MR) is 110 cm³/mol. The van der Waals surface area contributed by atoms with E-state index in [0.717, 1.165) is 39.3 Å². The Morgan fingerprint density at radius 1 is 0.600 bits per heavy atom. The van der Waals surface area contributed by atoms with Gasteiger partial charge < -0.3 is 0 Å². The van der Waals surface area contributed by atoms with Crippen LogP contribution in [-0.2, 0) is 9.13 Å². The van der Waals surface area contributed by atoms with E-state index in [2.05, 4.69) is 38.1 Å². The molecule has 0 bridgehead atoms. The first-order valence-electron chi connectivity index (χ1n) is 8.75. The molecule has 0 heterocycles. The van der Waals surface area contributed by atoms with E-state index in [0.29, 0.717) is 12.3 Å². The molecular formula is C21H28O2P2+2. The fraction of sp³-hybridized carbons (Fsp3) is 0.429. The van der Waals surface area contributed by atoms with Crippen LogP contribution in [0.25, 0.3) is 0 Å². The minimum Gasteiger partial charge on any atom is -0.0681 e. The monoisotopic (exact) mass is 374 g/mol. The van der Waals surface area contributed by atoms with E-state index in [1.54, 1.807) is 0 Å². The second-order valence-corrected chi connectivity index (χ2v) is 10.4. The Balaban J connectivity index is 2.04. The number of hydrogen-bond acceptors (Lipinski definition) is 2. The van der Waals surface area contributed by atoms with E-state index in [4.69, 9.17) is 0 Å². The van der Waals surface area contributed by atoms with Crippen molar-refractivity contribution >= 4 is 26.2 Å². The van der Waals surface area contributed by atoms with Gasteiger partial charge in [-0.1, -0.05) is 44.5 Å². The molecule has 0 fully saturated rings. The minimum absolute atomic E-state index is 0.602. The third-order valence-corrected chi connectivity index (χ3v) is 8.35. The molecule has 2 aromatic carbocycles. The van der Waals surface area contributed by atoms with Crippen LogP contribution in [0.4, 0.5) is 0 Å². The first-order valence-corrected chi connectivity index (χ1v) is 11.6. The summed E-state index contributed by atoms with van der Waals surface area (Å²) in [5, 5.41) is 1.97. The summed E-state index contributed by atoms with van der Waals surface area (Å²) < 4.78 is 25.5. The van der Waals surface area contributed by atoms with Gasteiger partial charge in [0, 0.05) is 28.7 Å². The summed E-state index contributed by atoms with van der Waals surface area (Å²) in [5.41, 5.74) is 6.83. The second kappa shape index (κ2) is 8.35.